The van der Waals surface area contributed by atoms with E-state index in [0.29, 0.717) is 6.61 Å². The first kappa shape index (κ1) is 6.99. The Morgan fingerprint density at radius 1 is 1.67 bits per heavy atom. The van der Waals surface area contributed by atoms with Crippen molar-refractivity contribution in [3.63, 3.8) is 0 Å². The lowest BCUT2D eigenvalue weighted by Gasteiger charge is -2.26. The number of ether oxygens (including phenoxy) is 2. The number of hydrogen-bond acceptors (Lipinski definition) is 3. The van der Waals surface area contributed by atoms with Crippen LogP contribution in [-0.2, 0) is 9.47 Å². The summed E-state index contributed by atoms with van der Waals surface area (Å²) in [5, 5.41) is 0. The van der Waals surface area contributed by atoms with E-state index in [9.17, 15) is 0 Å². The van der Waals surface area contributed by atoms with Gasteiger partial charge in [0.15, 0.2) is 0 Å². The maximum absolute atomic E-state index is 5.64. The number of hydrogen-bond donors (Lipinski definition) is 1. The average Bonchev–Trinajstić information content (AvgIpc) is 1.89. The molecule has 2 atom stereocenters. The van der Waals surface area contributed by atoms with E-state index in [1.165, 1.54) is 0 Å². The minimum Gasteiger partial charge on any atom is -0.380 e. The van der Waals surface area contributed by atoms with E-state index in [0.717, 1.165) is 13.0 Å². The normalized spacial score (nSPS) is 36.7. The Hall–Kier alpha value is -0.120. The van der Waals surface area contributed by atoms with Crippen LogP contribution in [0.4, 0.5) is 0 Å². The number of rotatable bonds is 1. The minimum atomic E-state index is 0.0729. The van der Waals surface area contributed by atoms with Gasteiger partial charge >= 0.3 is 0 Å². The summed E-state index contributed by atoms with van der Waals surface area (Å²) in [6.07, 6.45) is 1.14. The average molecular weight is 131 g/mol. The summed E-state index contributed by atoms with van der Waals surface area (Å²) >= 11 is 0. The molecule has 0 amide bonds. The summed E-state index contributed by atoms with van der Waals surface area (Å²) in [6.45, 7) is 1.42. The van der Waals surface area contributed by atoms with E-state index < -0.39 is 0 Å². The Labute approximate surface area is 55.1 Å². The fraction of sp³-hybridized carbons (Fsp3) is 1.00. The molecule has 0 aromatic carbocycles. The Balaban J connectivity index is 2.30. The molecular weight excluding hydrogens is 118 g/mol. The van der Waals surface area contributed by atoms with Gasteiger partial charge in [0.1, 0.15) is 0 Å². The SMILES string of the molecule is CO[C@H]1CCOC[C@H]1N. The van der Waals surface area contributed by atoms with Crippen LogP contribution in [0.25, 0.3) is 0 Å². The molecule has 54 valence electrons. The summed E-state index contributed by atoms with van der Waals surface area (Å²) in [7, 11) is 1.69. The quantitative estimate of drug-likeness (QED) is 0.533. The maximum Gasteiger partial charge on any atom is 0.0766 e. The molecule has 0 saturated carbocycles. The van der Waals surface area contributed by atoms with Gasteiger partial charge < -0.3 is 15.2 Å². The van der Waals surface area contributed by atoms with Crippen molar-refractivity contribution >= 4 is 0 Å². The third kappa shape index (κ3) is 1.64. The molecule has 0 bridgehead atoms. The van der Waals surface area contributed by atoms with Crippen LogP contribution in [0, 0.1) is 0 Å². The monoisotopic (exact) mass is 131 g/mol. The minimum absolute atomic E-state index is 0.0729. The molecule has 0 unspecified atom stereocenters. The zero-order valence-electron chi connectivity index (χ0n) is 5.67. The highest BCUT2D eigenvalue weighted by atomic mass is 16.5. The van der Waals surface area contributed by atoms with Crippen molar-refractivity contribution in [2.24, 2.45) is 5.73 Å². The molecule has 3 nitrogen and oxygen atoms in total. The summed E-state index contributed by atoms with van der Waals surface area (Å²) in [6, 6.07) is 0.0729. The Morgan fingerprint density at radius 3 is 2.89 bits per heavy atom. The fourth-order valence-electron chi connectivity index (χ4n) is 1.03. The zero-order chi connectivity index (χ0) is 6.69. The summed E-state index contributed by atoms with van der Waals surface area (Å²) < 4.78 is 10.2. The lowest BCUT2D eigenvalue weighted by atomic mass is 10.1. The number of nitrogens with two attached hydrogens (primary N) is 1. The molecule has 1 fully saturated rings. The van der Waals surface area contributed by atoms with E-state index in [2.05, 4.69) is 0 Å². The van der Waals surface area contributed by atoms with E-state index in [1.54, 1.807) is 7.11 Å². The van der Waals surface area contributed by atoms with E-state index in [-0.39, 0.29) is 12.1 Å². The molecule has 1 aliphatic rings. The van der Waals surface area contributed by atoms with Crippen molar-refractivity contribution in [3.8, 4) is 0 Å². The van der Waals surface area contributed by atoms with E-state index in [1.807, 2.05) is 0 Å². The molecule has 1 rings (SSSR count). The molecule has 1 heterocycles. The highest BCUT2D eigenvalue weighted by Crippen LogP contribution is 2.07. The predicted octanol–water partition coefficient (Wildman–Crippen LogP) is -0.251. The van der Waals surface area contributed by atoms with Crippen LogP contribution in [0.5, 0.6) is 0 Å². The van der Waals surface area contributed by atoms with Crippen molar-refractivity contribution < 1.29 is 9.47 Å². The molecule has 1 saturated heterocycles. The lowest BCUT2D eigenvalue weighted by molar-refractivity contribution is -0.0258. The Kier molecular flexibility index (Phi) is 2.45. The first-order valence-corrected chi connectivity index (χ1v) is 3.20. The van der Waals surface area contributed by atoms with Crippen molar-refractivity contribution in [1.29, 1.82) is 0 Å². The first-order valence-electron chi connectivity index (χ1n) is 3.20. The summed E-state index contributed by atoms with van der Waals surface area (Å²) in [5.74, 6) is 0. The second kappa shape index (κ2) is 3.15. The van der Waals surface area contributed by atoms with Gasteiger partial charge in [-0.2, -0.15) is 0 Å². The van der Waals surface area contributed by atoms with Crippen molar-refractivity contribution in [2.75, 3.05) is 20.3 Å². The van der Waals surface area contributed by atoms with Gasteiger partial charge in [0.05, 0.1) is 18.8 Å². The molecule has 0 aliphatic carbocycles. The topological polar surface area (TPSA) is 44.5 Å². The Morgan fingerprint density at radius 2 is 2.44 bits per heavy atom. The second-order valence-corrected chi connectivity index (χ2v) is 2.30. The third-order valence-electron chi connectivity index (χ3n) is 1.64. The van der Waals surface area contributed by atoms with Gasteiger partial charge in [-0.15, -0.1) is 0 Å². The molecule has 3 heteroatoms. The molecule has 0 aromatic heterocycles. The summed E-state index contributed by atoms with van der Waals surface area (Å²) in [5.41, 5.74) is 5.64. The molecular formula is C6H13NO2. The van der Waals surface area contributed by atoms with Gasteiger partial charge in [-0.25, -0.2) is 0 Å². The first-order chi connectivity index (χ1) is 4.34. The van der Waals surface area contributed by atoms with Crippen LogP contribution in [0.2, 0.25) is 0 Å². The largest absolute Gasteiger partial charge is 0.380 e. The van der Waals surface area contributed by atoms with Gasteiger partial charge in [0.2, 0.25) is 0 Å². The van der Waals surface area contributed by atoms with Crippen LogP contribution in [0.3, 0.4) is 0 Å². The van der Waals surface area contributed by atoms with Crippen LogP contribution in [-0.4, -0.2) is 32.5 Å². The smallest absolute Gasteiger partial charge is 0.0766 e. The third-order valence-corrected chi connectivity index (χ3v) is 1.64. The highest BCUT2D eigenvalue weighted by molar-refractivity contribution is 4.75. The zero-order valence-corrected chi connectivity index (χ0v) is 5.67. The van der Waals surface area contributed by atoms with Crippen molar-refractivity contribution in [2.45, 2.75) is 18.6 Å². The van der Waals surface area contributed by atoms with Gasteiger partial charge in [0, 0.05) is 13.7 Å². The molecule has 1 aliphatic heterocycles. The van der Waals surface area contributed by atoms with Crippen LogP contribution >= 0.6 is 0 Å². The van der Waals surface area contributed by atoms with Crippen molar-refractivity contribution in [3.05, 3.63) is 0 Å². The predicted molar refractivity (Wildman–Crippen MR) is 34.2 cm³/mol. The molecule has 0 radical (unpaired) electrons. The van der Waals surface area contributed by atoms with Gasteiger partial charge in [-0.1, -0.05) is 0 Å². The molecule has 0 spiro atoms. The lowest BCUT2D eigenvalue weighted by Crippen LogP contribution is -2.44. The van der Waals surface area contributed by atoms with Crippen LogP contribution in [0.15, 0.2) is 0 Å². The molecule has 2 N–H and O–H groups in total. The number of methoxy groups -OCH3 is 1. The van der Waals surface area contributed by atoms with Gasteiger partial charge in [-0.3, -0.25) is 0 Å². The van der Waals surface area contributed by atoms with Crippen LogP contribution < -0.4 is 5.73 Å². The Bertz CT molecular complexity index is 87.1. The molecule has 0 aromatic rings. The standard InChI is InChI=1S/C6H13NO2/c1-8-6-2-3-9-4-5(6)7/h5-6H,2-4,7H2,1H3/t5-,6+/m1/s1. The highest BCUT2D eigenvalue weighted by Gasteiger charge is 2.21. The van der Waals surface area contributed by atoms with E-state index >= 15 is 0 Å². The fourth-order valence-corrected chi connectivity index (χ4v) is 1.03. The maximum atomic E-state index is 5.64. The van der Waals surface area contributed by atoms with Crippen LogP contribution in [0.1, 0.15) is 6.42 Å². The summed E-state index contributed by atoms with van der Waals surface area (Å²) in [4.78, 5) is 0. The second-order valence-electron chi connectivity index (χ2n) is 2.30. The molecule has 9 heavy (non-hydrogen) atoms. The van der Waals surface area contributed by atoms with Gasteiger partial charge in [0.25, 0.3) is 0 Å². The van der Waals surface area contributed by atoms with Gasteiger partial charge in [-0.05, 0) is 6.42 Å². The van der Waals surface area contributed by atoms with Crippen molar-refractivity contribution in [1.82, 2.24) is 0 Å². The van der Waals surface area contributed by atoms with E-state index in [4.69, 9.17) is 15.2 Å².